The molecule has 108 valence electrons. The maximum Gasteiger partial charge on any atom is 0.359 e. The predicted octanol–water partition coefficient (Wildman–Crippen LogP) is 1.17. The van der Waals surface area contributed by atoms with Gasteiger partial charge in [0.1, 0.15) is 5.69 Å². The van der Waals surface area contributed by atoms with Crippen LogP contribution in [-0.2, 0) is 18.2 Å². The van der Waals surface area contributed by atoms with Crippen LogP contribution >= 0.6 is 0 Å². The van der Waals surface area contributed by atoms with E-state index in [4.69, 9.17) is 4.74 Å². The van der Waals surface area contributed by atoms with Crippen molar-refractivity contribution in [3.8, 4) is 0 Å². The zero-order chi connectivity index (χ0) is 14.9. The van der Waals surface area contributed by atoms with E-state index in [1.165, 1.54) is 4.68 Å². The Morgan fingerprint density at radius 3 is 2.75 bits per heavy atom. The molecule has 0 saturated heterocycles. The van der Waals surface area contributed by atoms with Gasteiger partial charge in [-0.1, -0.05) is 0 Å². The molecule has 0 N–H and O–H groups in total. The van der Waals surface area contributed by atoms with Crippen molar-refractivity contribution >= 4 is 11.8 Å². The lowest BCUT2D eigenvalue weighted by molar-refractivity contribution is 0.0517. The highest BCUT2D eigenvalue weighted by atomic mass is 16.5. The molecule has 0 bridgehead atoms. The minimum atomic E-state index is -0.461. The fraction of sp³-hybridized carbons (Fsp3) is 0.500. The topological polar surface area (TPSA) is 64.4 Å². The number of Topliss-reactive ketones (excluding diaryl/α,β-unsaturated/α-hetero) is 1. The van der Waals surface area contributed by atoms with Crippen molar-refractivity contribution in [3.63, 3.8) is 0 Å². The number of allylic oxidation sites excluding steroid dienone is 1. The Bertz CT molecular complexity index is 585. The molecule has 0 spiro atoms. The zero-order valence-corrected chi connectivity index (χ0v) is 12.3. The third-order valence-electron chi connectivity index (χ3n) is 3.18. The van der Waals surface area contributed by atoms with Crippen LogP contribution in [-0.4, -0.2) is 47.1 Å². The molecule has 0 saturated carbocycles. The molecule has 0 aliphatic heterocycles. The summed E-state index contributed by atoms with van der Waals surface area (Å²) >= 11 is 0. The first-order valence-electron chi connectivity index (χ1n) is 6.60. The van der Waals surface area contributed by atoms with Gasteiger partial charge in [-0.15, -0.1) is 0 Å². The Kier molecular flexibility index (Phi) is 3.92. The van der Waals surface area contributed by atoms with Gasteiger partial charge in [0.25, 0.3) is 0 Å². The van der Waals surface area contributed by atoms with Crippen molar-refractivity contribution < 1.29 is 14.3 Å². The number of rotatable bonds is 3. The molecule has 0 atom stereocenters. The second kappa shape index (κ2) is 5.48. The van der Waals surface area contributed by atoms with Gasteiger partial charge >= 0.3 is 5.97 Å². The summed E-state index contributed by atoms with van der Waals surface area (Å²) in [7, 11) is 5.43. The number of hydrogen-bond acceptors (Lipinski definition) is 5. The lowest BCUT2D eigenvalue weighted by atomic mass is 9.90. The van der Waals surface area contributed by atoms with Gasteiger partial charge in [0, 0.05) is 38.5 Å². The molecule has 20 heavy (non-hydrogen) atoms. The summed E-state index contributed by atoms with van der Waals surface area (Å²) in [6, 6.07) is 0. The molecule has 6 heteroatoms. The molecule has 1 heterocycles. The summed E-state index contributed by atoms with van der Waals surface area (Å²) in [4.78, 5) is 26.2. The van der Waals surface area contributed by atoms with Crippen molar-refractivity contribution in [1.82, 2.24) is 14.7 Å². The van der Waals surface area contributed by atoms with E-state index in [1.807, 2.05) is 25.2 Å². The van der Waals surface area contributed by atoms with Gasteiger partial charge in [0.2, 0.25) is 5.78 Å². The number of carbonyl (C=O) groups is 2. The van der Waals surface area contributed by atoms with Crippen LogP contribution in [0.2, 0.25) is 0 Å². The summed E-state index contributed by atoms with van der Waals surface area (Å²) in [5, 5.41) is 4.16. The van der Waals surface area contributed by atoms with Gasteiger partial charge in [-0.3, -0.25) is 9.48 Å². The Balaban J connectivity index is 2.43. The van der Waals surface area contributed by atoms with E-state index in [2.05, 4.69) is 5.10 Å². The fourth-order valence-electron chi connectivity index (χ4n) is 2.41. The minimum Gasteiger partial charge on any atom is -0.461 e. The third-order valence-corrected chi connectivity index (χ3v) is 3.18. The average Bonchev–Trinajstić information content (AvgIpc) is 2.71. The molecular weight excluding hydrogens is 258 g/mol. The van der Waals surface area contributed by atoms with Crippen LogP contribution in [0.3, 0.4) is 0 Å². The van der Waals surface area contributed by atoms with Crippen LogP contribution in [0.25, 0.3) is 0 Å². The molecule has 6 nitrogen and oxygen atoms in total. The van der Waals surface area contributed by atoms with E-state index in [9.17, 15) is 9.59 Å². The highest BCUT2D eigenvalue weighted by Crippen LogP contribution is 2.27. The van der Waals surface area contributed by atoms with Gasteiger partial charge in [-0.2, -0.15) is 5.10 Å². The van der Waals surface area contributed by atoms with Crippen LogP contribution in [0.5, 0.6) is 0 Å². The van der Waals surface area contributed by atoms with Gasteiger partial charge in [-0.05, 0) is 19.8 Å². The second-order valence-electron chi connectivity index (χ2n) is 4.97. The van der Waals surface area contributed by atoms with Crippen LogP contribution in [0.15, 0.2) is 11.8 Å². The minimum absolute atomic E-state index is 0.0644. The van der Waals surface area contributed by atoms with E-state index in [-0.39, 0.29) is 11.5 Å². The van der Waals surface area contributed by atoms with Crippen LogP contribution < -0.4 is 0 Å². The van der Waals surface area contributed by atoms with E-state index >= 15 is 0 Å². The maximum absolute atomic E-state index is 12.5. The highest BCUT2D eigenvalue weighted by molar-refractivity contribution is 6.11. The van der Waals surface area contributed by atoms with Crippen LogP contribution in [0.4, 0.5) is 0 Å². The molecule has 0 unspecified atom stereocenters. The number of nitrogens with zero attached hydrogens (tertiary/aromatic N) is 3. The SMILES string of the molecule is CCOC(=O)c1nn(C)c2c1CC/C(=C/N(C)C)C2=O. The number of carbonyl (C=O) groups excluding carboxylic acids is 2. The zero-order valence-electron chi connectivity index (χ0n) is 12.3. The van der Waals surface area contributed by atoms with Gasteiger partial charge in [0.05, 0.1) is 6.61 Å². The van der Waals surface area contributed by atoms with E-state index in [0.717, 1.165) is 5.57 Å². The number of ether oxygens (including phenoxy) is 1. The van der Waals surface area contributed by atoms with Crippen molar-refractivity contribution in [2.45, 2.75) is 19.8 Å². The Morgan fingerprint density at radius 1 is 1.45 bits per heavy atom. The molecule has 1 aromatic rings. The monoisotopic (exact) mass is 277 g/mol. The highest BCUT2D eigenvalue weighted by Gasteiger charge is 2.31. The van der Waals surface area contributed by atoms with Gasteiger partial charge in [-0.25, -0.2) is 4.79 Å². The first-order chi connectivity index (χ1) is 9.45. The molecule has 0 fully saturated rings. The number of ketones is 1. The summed E-state index contributed by atoms with van der Waals surface area (Å²) < 4.78 is 6.46. The average molecular weight is 277 g/mol. The molecule has 0 aromatic carbocycles. The van der Waals surface area contributed by atoms with Crippen molar-refractivity contribution in [2.24, 2.45) is 7.05 Å². The van der Waals surface area contributed by atoms with Crippen molar-refractivity contribution in [1.29, 1.82) is 0 Å². The van der Waals surface area contributed by atoms with Crippen molar-refractivity contribution in [3.05, 3.63) is 28.7 Å². The molecular formula is C14H19N3O3. The van der Waals surface area contributed by atoms with Crippen molar-refractivity contribution in [2.75, 3.05) is 20.7 Å². The first kappa shape index (κ1) is 14.3. The van der Waals surface area contributed by atoms with Gasteiger partial charge < -0.3 is 9.64 Å². The Morgan fingerprint density at radius 2 is 2.15 bits per heavy atom. The maximum atomic E-state index is 12.5. The second-order valence-corrected chi connectivity index (χ2v) is 4.97. The fourth-order valence-corrected chi connectivity index (χ4v) is 2.41. The van der Waals surface area contributed by atoms with E-state index in [1.54, 1.807) is 14.0 Å². The molecule has 2 rings (SSSR count). The molecule has 1 aliphatic carbocycles. The van der Waals surface area contributed by atoms with Gasteiger partial charge in [0.15, 0.2) is 5.69 Å². The smallest absolute Gasteiger partial charge is 0.359 e. The largest absolute Gasteiger partial charge is 0.461 e. The number of esters is 1. The standard InChI is InChI=1S/C14H19N3O3/c1-5-20-14(19)11-10-7-6-9(8-16(2)3)13(18)12(10)17(4)15-11/h8H,5-7H2,1-4H3/b9-8-. The summed E-state index contributed by atoms with van der Waals surface area (Å²) in [5.74, 6) is -0.525. The van der Waals surface area contributed by atoms with E-state index < -0.39 is 5.97 Å². The first-order valence-corrected chi connectivity index (χ1v) is 6.60. The Labute approximate surface area is 118 Å². The number of hydrogen-bond donors (Lipinski definition) is 0. The number of fused-ring (bicyclic) bond motifs is 1. The molecule has 0 amide bonds. The van der Waals surface area contributed by atoms with E-state index in [0.29, 0.717) is 30.7 Å². The Hall–Kier alpha value is -2.11. The summed E-state index contributed by atoms with van der Waals surface area (Å²) in [6.07, 6.45) is 3.06. The number of aryl methyl sites for hydroxylation is 1. The lowest BCUT2D eigenvalue weighted by Crippen LogP contribution is -2.20. The van der Waals surface area contributed by atoms with Crippen LogP contribution in [0.1, 0.15) is 39.9 Å². The van der Waals surface area contributed by atoms with Crippen LogP contribution in [0, 0.1) is 0 Å². The molecule has 1 aliphatic rings. The quantitative estimate of drug-likeness (QED) is 0.613. The molecule has 1 aromatic heterocycles. The normalized spacial score (nSPS) is 16.2. The number of aromatic nitrogens is 2. The summed E-state index contributed by atoms with van der Waals surface area (Å²) in [5.41, 5.74) is 2.20. The summed E-state index contributed by atoms with van der Waals surface area (Å²) in [6.45, 7) is 2.04. The predicted molar refractivity (Wildman–Crippen MR) is 73.6 cm³/mol. The molecule has 0 radical (unpaired) electrons. The third kappa shape index (κ3) is 2.45. The lowest BCUT2D eigenvalue weighted by Gasteiger charge is -2.17.